The van der Waals surface area contributed by atoms with Crippen LogP contribution in [0.15, 0.2) is 42.5 Å². The van der Waals surface area contributed by atoms with Crippen molar-refractivity contribution >= 4 is 11.6 Å². The SMILES string of the molecule is CCCNC(Cc1ccc(Cl)cc1)c1cc(F)ccc1C. The van der Waals surface area contributed by atoms with Crippen molar-refractivity contribution in [2.75, 3.05) is 6.54 Å². The van der Waals surface area contributed by atoms with Gasteiger partial charge in [-0.2, -0.15) is 0 Å². The average Bonchev–Trinajstić information content (AvgIpc) is 2.48. The van der Waals surface area contributed by atoms with Gasteiger partial charge in [0.2, 0.25) is 0 Å². The summed E-state index contributed by atoms with van der Waals surface area (Å²) in [6.07, 6.45) is 1.87. The number of hydrogen-bond donors (Lipinski definition) is 1. The highest BCUT2D eigenvalue weighted by Gasteiger charge is 2.14. The van der Waals surface area contributed by atoms with Crippen molar-refractivity contribution in [3.05, 3.63) is 70.0 Å². The maximum absolute atomic E-state index is 13.6. The fourth-order valence-corrected chi connectivity index (χ4v) is 2.58. The van der Waals surface area contributed by atoms with Crippen LogP contribution in [0.4, 0.5) is 4.39 Å². The molecule has 1 unspecified atom stereocenters. The highest BCUT2D eigenvalue weighted by atomic mass is 35.5. The molecule has 0 saturated heterocycles. The molecular weight excluding hydrogens is 285 g/mol. The molecule has 0 aliphatic rings. The van der Waals surface area contributed by atoms with Crippen LogP contribution in [0.25, 0.3) is 0 Å². The third kappa shape index (κ3) is 4.55. The molecule has 2 rings (SSSR count). The van der Waals surface area contributed by atoms with Crippen LogP contribution in [-0.2, 0) is 6.42 Å². The lowest BCUT2D eigenvalue weighted by molar-refractivity contribution is 0.522. The number of rotatable bonds is 6. The van der Waals surface area contributed by atoms with Gasteiger partial charge in [0.1, 0.15) is 5.82 Å². The second-order valence-corrected chi connectivity index (χ2v) is 5.77. The Morgan fingerprint density at radius 2 is 1.86 bits per heavy atom. The van der Waals surface area contributed by atoms with Gasteiger partial charge in [0.25, 0.3) is 0 Å². The normalized spacial score (nSPS) is 12.4. The molecule has 3 heteroatoms. The lowest BCUT2D eigenvalue weighted by atomic mass is 9.95. The van der Waals surface area contributed by atoms with Gasteiger partial charge < -0.3 is 5.32 Å². The quantitative estimate of drug-likeness (QED) is 0.785. The smallest absolute Gasteiger partial charge is 0.123 e. The Morgan fingerprint density at radius 1 is 1.14 bits per heavy atom. The fourth-order valence-electron chi connectivity index (χ4n) is 2.45. The zero-order valence-electron chi connectivity index (χ0n) is 12.5. The molecule has 112 valence electrons. The van der Waals surface area contributed by atoms with E-state index in [1.54, 1.807) is 6.07 Å². The molecule has 0 aromatic heterocycles. The van der Waals surface area contributed by atoms with E-state index in [0.29, 0.717) is 0 Å². The largest absolute Gasteiger partial charge is 0.310 e. The molecule has 1 N–H and O–H groups in total. The monoisotopic (exact) mass is 305 g/mol. The fraction of sp³-hybridized carbons (Fsp3) is 0.333. The summed E-state index contributed by atoms with van der Waals surface area (Å²) in [6.45, 7) is 5.07. The summed E-state index contributed by atoms with van der Waals surface area (Å²) >= 11 is 5.93. The van der Waals surface area contributed by atoms with Crippen LogP contribution in [0, 0.1) is 12.7 Å². The Kier molecular flexibility index (Phi) is 5.77. The van der Waals surface area contributed by atoms with Gasteiger partial charge in [-0.15, -0.1) is 0 Å². The minimum absolute atomic E-state index is 0.113. The van der Waals surface area contributed by atoms with Crippen molar-refractivity contribution < 1.29 is 4.39 Å². The molecule has 0 radical (unpaired) electrons. The van der Waals surface area contributed by atoms with Crippen molar-refractivity contribution in [1.82, 2.24) is 5.32 Å². The van der Waals surface area contributed by atoms with Gasteiger partial charge in [-0.1, -0.05) is 36.7 Å². The van der Waals surface area contributed by atoms with Gasteiger partial charge >= 0.3 is 0 Å². The van der Waals surface area contributed by atoms with E-state index in [-0.39, 0.29) is 11.9 Å². The van der Waals surface area contributed by atoms with Gasteiger partial charge in [0.05, 0.1) is 0 Å². The standard InChI is InChI=1S/C18H21ClFN/c1-3-10-21-18(11-14-5-7-15(19)8-6-14)17-12-16(20)9-4-13(17)2/h4-9,12,18,21H,3,10-11H2,1-2H3. The first-order valence-corrected chi connectivity index (χ1v) is 7.72. The highest BCUT2D eigenvalue weighted by Crippen LogP contribution is 2.23. The predicted molar refractivity (Wildman–Crippen MR) is 87.3 cm³/mol. The van der Waals surface area contributed by atoms with Crippen molar-refractivity contribution in [1.29, 1.82) is 0 Å². The minimum Gasteiger partial charge on any atom is -0.310 e. The summed E-state index contributed by atoms with van der Waals surface area (Å²) in [6, 6.07) is 12.9. The zero-order chi connectivity index (χ0) is 15.2. The second-order valence-electron chi connectivity index (χ2n) is 5.34. The first-order chi connectivity index (χ1) is 10.1. The van der Waals surface area contributed by atoms with Gasteiger partial charge in [-0.25, -0.2) is 4.39 Å². The molecule has 2 aromatic carbocycles. The molecule has 0 saturated carbocycles. The van der Waals surface area contributed by atoms with Crippen LogP contribution in [-0.4, -0.2) is 6.54 Å². The van der Waals surface area contributed by atoms with Crippen LogP contribution in [0.1, 0.15) is 36.1 Å². The lowest BCUT2D eigenvalue weighted by Crippen LogP contribution is -2.25. The van der Waals surface area contributed by atoms with Crippen LogP contribution < -0.4 is 5.32 Å². The molecule has 2 aromatic rings. The molecule has 0 aliphatic carbocycles. The van der Waals surface area contributed by atoms with Gasteiger partial charge in [-0.05, 0) is 67.3 Å². The summed E-state index contributed by atoms with van der Waals surface area (Å²) in [5.74, 6) is -0.185. The van der Waals surface area contributed by atoms with Gasteiger partial charge in [0, 0.05) is 11.1 Å². The van der Waals surface area contributed by atoms with E-state index in [2.05, 4.69) is 12.2 Å². The summed E-state index contributed by atoms with van der Waals surface area (Å²) in [4.78, 5) is 0. The average molecular weight is 306 g/mol. The molecule has 0 amide bonds. The maximum atomic E-state index is 13.6. The van der Waals surface area contributed by atoms with E-state index in [9.17, 15) is 4.39 Å². The summed E-state index contributed by atoms with van der Waals surface area (Å²) < 4.78 is 13.6. The molecule has 0 heterocycles. The second kappa shape index (κ2) is 7.58. The van der Waals surface area contributed by atoms with E-state index < -0.39 is 0 Å². The third-order valence-electron chi connectivity index (χ3n) is 3.61. The Balaban J connectivity index is 2.25. The third-order valence-corrected chi connectivity index (χ3v) is 3.86. The van der Waals surface area contributed by atoms with Crippen LogP contribution in [0.2, 0.25) is 5.02 Å². The number of halogens is 2. The summed E-state index contributed by atoms with van der Waals surface area (Å²) in [7, 11) is 0. The molecule has 0 fully saturated rings. The number of nitrogens with one attached hydrogen (secondary N) is 1. The summed E-state index contributed by atoms with van der Waals surface area (Å²) in [5, 5.41) is 4.25. The van der Waals surface area contributed by atoms with Crippen molar-refractivity contribution in [3.63, 3.8) is 0 Å². The van der Waals surface area contributed by atoms with Gasteiger partial charge in [-0.3, -0.25) is 0 Å². The molecule has 1 atom stereocenters. The van der Waals surface area contributed by atoms with E-state index in [1.807, 2.05) is 37.3 Å². The molecule has 21 heavy (non-hydrogen) atoms. The Labute approximate surface area is 131 Å². The number of hydrogen-bond acceptors (Lipinski definition) is 1. The van der Waals surface area contributed by atoms with Gasteiger partial charge in [0.15, 0.2) is 0 Å². The first kappa shape index (κ1) is 16.0. The number of benzene rings is 2. The molecule has 0 bridgehead atoms. The lowest BCUT2D eigenvalue weighted by Gasteiger charge is -2.21. The Hall–Kier alpha value is -1.38. The van der Waals surface area contributed by atoms with E-state index in [0.717, 1.165) is 35.5 Å². The van der Waals surface area contributed by atoms with Crippen LogP contribution >= 0.6 is 11.6 Å². The molecule has 1 nitrogen and oxygen atoms in total. The van der Waals surface area contributed by atoms with E-state index in [4.69, 9.17) is 11.6 Å². The van der Waals surface area contributed by atoms with Crippen molar-refractivity contribution in [2.24, 2.45) is 0 Å². The topological polar surface area (TPSA) is 12.0 Å². The molecule has 0 aliphatic heterocycles. The highest BCUT2D eigenvalue weighted by molar-refractivity contribution is 6.30. The van der Waals surface area contributed by atoms with Crippen molar-refractivity contribution in [3.8, 4) is 0 Å². The molecular formula is C18H21ClFN. The van der Waals surface area contributed by atoms with E-state index >= 15 is 0 Å². The van der Waals surface area contributed by atoms with Crippen LogP contribution in [0.5, 0.6) is 0 Å². The predicted octanol–water partition coefficient (Wildman–Crippen LogP) is 5.07. The maximum Gasteiger partial charge on any atom is 0.123 e. The Bertz CT molecular complexity index is 580. The van der Waals surface area contributed by atoms with Crippen molar-refractivity contribution in [2.45, 2.75) is 32.7 Å². The van der Waals surface area contributed by atoms with Crippen LogP contribution in [0.3, 0.4) is 0 Å². The Morgan fingerprint density at radius 3 is 2.52 bits per heavy atom. The summed E-state index contributed by atoms with van der Waals surface area (Å²) in [5.41, 5.74) is 3.33. The first-order valence-electron chi connectivity index (χ1n) is 7.34. The number of aryl methyl sites for hydroxylation is 1. The zero-order valence-corrected chi connectivity index (χ0v) is 13.3. The molecule has 0 spiro atoms. The minimum atomic E-state index is -0.185. The van der Waals surface area contributed by atoms with E-state index in [1.165, 1.54) is 11.6 Å².